The average Bonchev–Trinajstić information content (AvgIpc) is 3.17. The third kappa shape index (κ3) is 4.68. The summed E-state index contributed by atoms with van der Waals surface area (Å²) in [4.78, 5) is 26.4. The topological polar surface area (TPSA) is 123 Å². The van der Waals surface area contributed by atoms with Gasteiger partial charge >= 0.3 is 5.97 Å². The molecule has 1 aliphatic rings. The molecule has 1 aliphatic heterocycles. The van der Waals surface area contributed by atoms with Crippen LogP contribution in [0.25, 0.3) is 5.69 Å². The fourth-order valence-corrected chi connectivity index (χ4v) is 3.83. The number of nitrogen functional groups attached to an aromatic ring is 1. The maximum atomic E-state index is 12.6. The number of nitrogens with one attached hydrogen (secondary N) is 1. The number of benzene rings is 2. The molecule has 1 fully saturated rings. The first-order valence-corrected chi connectivity index (χ1v) is 10.7. The van der Waals surface area contributed by atoms with Crippen LogP contribution in [0.15, 0.2) is 42.5 Å². The van der Waals surface area contributed by atoms with E-state index in [1.807, 2.05) is 49.1 Å². The largest absolute Gasteiger partial charge is 0.476 e. The molecule has 1 saturated heterocycles. The Morgan fingerprint density at radius 3 is 2.48 bits per heavy atom. The number of nitrogens with two attached hydrogens (primary N) is 1. The molecule has 0 atom stereocenters. The predicted molar refractivity (Wildman–Crippen MR) is 125 cm³/mol. The van der Waals surface area contributed by atoms with E-state index in [9.17, 15) is 14.7 Å². The Morgan fingerprint density at radius 1 is 1.12 bits per heavy atom. The number of ether oxygens (including phenoxy) is 1. The van der Waals surface area contributed by atoms with E-state index in [2.05, 4.69) is 10.4 Å². The zero-order valence-corrected chi connectivity index (χ0v) is 18.7. The highest BCUT2D eigenvalue weighted by molar-refractivity contribution is 5.96. The van der Waals surface area contributed by atoms with Crippen molar-refractivity contribution in [2.24, 2.45) is 0 Å². The van der Waals surface area contributed by atoms with Crippen LogP contribution in [0.1, 0.15) is 37.5 Å². The fourth-order valence-electron chi connectivity index (χ4n) is 3.83. The third-order valence-corrected chi connectivity index (χ3v) is 5.69. The number of hydrogen-bond acceptors (Lipinski definition) is 6. The van der Waals surface area contributed by atoms with Gasteiger partial charge in [0.15, 0.2) is 11.5 Å². The molecule has 9 heteroatoms. The van der Waals surface area contributed by atoms with E-state index in [-0.39, 0.29) is 17.3 Å². The van der Waals surface area contributed by atoms with Gasteiger partial charge in [-0.25, -0.2) is 9.48 Å². The molecular weight excluding hydrogens is 422 g/mol. The molecule has 33 heavy (non-hydrogen) atoms. The number of carboxylic acids is 1. The summed E-state index contributed by atoms with van der Waals surface area (Å²) in [5.41, 5.74) is 10.3. The van der Waals surface area contributed by atoms with E-state index in [1.165, 1.54) is 4.68 Å². The van der Waals surface area contributed by atoms with Gasteiger partial charge in [0.05, 0.1) is 18.9 Å². The number of carboxylic acid groups (broad SMARTS) is 1. The Kier molecular flexibility index (Phi) is 6.32. The maximum Gasteiger partial charge on any atom is 0.356 e. The van der Waals surface area contributed by atoms with Gasteiger partial charge in [-0.2, -0.15) is 0 Å². The number of anilines is 2. The average molecular weight is 450 g/mol. The van der Waals surface area contributed by atoms with E-state index in [0.29, 0.717) is 49.9 Å². The molecule has 172 valence electrons. The molecule has 2 heterocycles. The van der Waals surface area contributed by atoms with Gasteiger partial charge in [-0.3, -0.25) is 4.79 Å². The number of hydrogen-bond donors (Lipinski definition) is 3. The second-order valence-electron chi connectivity index (χ2n) is 8.07. The van der Waals surface area contributed by atoms with Crippen molar-refractivity contribution < 1.29 is 19.4 Å². The molecule has 2 aromatic carbocycles. The predicted octanol–water partition coefficient (Wildman–Crippen LogP) is 2.54. The van der Waals surface area contributed by atoms with Gasteiger partial charge in [-0.15, -0.1) is 5.10 Å². The van der Waals surface area contributed by atoms with Crippen molar-refractivity contribution in [2.45, 2.75) is 20.4 Å². The lowest BCUT2D eigenvalue weighted by Crippen LogP contribution is -2.36. The SMILES string of the molecule is Cc1ccc(C)c(C(=O)NCc2ccc(-n3nc(N4CCOCC4)c(N)c3C(=O)O)cc2)c1. The summed E-state index contributed by atoms with van der Waals surface area (Å²) in [6, 6.07) is 13.0. The highest BCUT2D eigenvalue weighted by Gasteiger charge is 2.26. The van der Waals surface area contributed by atoms with E-state index in [4.69, 9.17) is 10.5 Å². The number of morpholine rings is 1. The van der Waals surface area contributed by atoms with Crippen molar-refractivity contribution >= 4 is 23.4 Å². The summed E-state index contributed by atoms with van der Waals surface area (Å²) in [5, 5.41) is 17.2. The first kappa shape index (κ1) is 22.3. The van der Waals surface area contributed by atoms with E-state index < -0.39 is 5.97 Å². The minimum absolute atomic E-state index is 0.0764. The molecular formula is C24H27N5O4. The number of aromatic nitrogens is 2. The maximum absolute atomic E-state index is 12.6. The Balaban J connectivity index is 1.52. The van der Waals surface area contributed by atoms with Gasteiger partial charge in [-0.05, 0) is 43.2 Å². The lowest BCUT2D eigenvalue weighted by atomic mass is 10.0. The molecule has 1 aromatic heterocycles. The van der Waals surface area contributed by atoms with Crippen LogP contribution in [0.2, 0.25) is 0 Å². The zero-order valence-electron chi connectivity index (χ0n) is 18.7. The summed E-state index contributed by atoms with van der Waals surface area (Å²) in [5.74, 6) is -0.839. The van der Waals surface area contributed by atoms with Crippen LogP contribution in [-0.2, 0) is 11.3 Å². The standard InChI is InChI=1S/C24H27N5O4/c1-15-3-4-16(2)19(13-15)23(30)26-14-17-5-7-18(8-6-17)29-21(24(31)32)20(25)22(27-29)28-9-11-33-12-10-28/h3-8,13H,9-12,14,25H2,1-2H3,(H,26,30)(H,31,32). The number of rotatable bonds is 6. The lowest BCUT2D eigenvalue weighted by Gasteiger charge is -2.26. The molecule has 4 rings (SSSR count). The van der Waals surface area contributed by atoms with Crippen molar-refractivity contribution in [1.82, 2.24) is 15.1 Å². The molecule has 0 spiro atoms. The highest BCUT2D eigenvalue weighted by Crippen LogP contribution is 2.29. The number of nitrogens with zero attached hydrogens (tertiary/aromatic N) is 3. The van der Waals surface area contributed by atoms with Gasteiger partial charge in [0.1, 0.15) is 5.69 Å². The zero-order chi connectivity index (χ0) is 23.5. The van der Waals surface area contributed by atoms with Gasteiger partial charge in [0, 0.05) is 25.2 Å². The second-order valence-corrected chi connectivity index (χ2v) is 8.07. The quantitative estimate of drug-likeness (QED) is 0.528. The summed E-state index contributed by atoms with van der Waals surface area (Å²) in [6.45, 7) is 6.47. The minimum atomic E-state index is -1.15. The van der Waals surface area contributed by atoms with Gasteiger partial charge in [0.2, 0.25) is 0 Å². The van der Waals surface area contributed by atoms with Gasteiger partial charge in [0.25, 0.3) is 5.91 Å². The number of aryl methyl sites for hydroxylation is 2. The van der Waals surface area contributed by atoms with Crippen molar-refractivity contribution in [3.63, 3.8) is 0 Å². The molecule has 9 nitrogen and oxygen atoms in total. The summed E-state index contributed by atoms with van der Waals surface area (Å²) in [7, 11) is 0. The molecule has 4 N–H and O–H groups in total. The van der Waals surface area contributed by atoms with Crippen molar-refractivity contribution in [2.75, 3.05) is 36.9 Å². The van der Waals surface area contributed by atoms with Gasteiger partial charge < -0.3 is 25.8 Å². The summed E-state index contributed by atoms with van der Waals surface area (Å²) < 4.78 is 6.71. The Morgan fingerprint density at radius 2 is 1.82 bits per heavy atom. The molecule has 0 unspecified atom stereocenters. The van der Waals surface area contributed by atoms with Crippen LogP contribution in [0.4, 0.5) is 11.5 Å². The lowest BCUT2D eigenvalue weighted by molar-refractivity contribution is 0.0688. The summed E-state index contributed by atoms with van der Waals surface area (Å²) >= 11 is 0. The fraction of sp³-hybridized carbons (Fsp3) is 0.292. The number of amides is 1. The smallest absolute Gasteiger partial charge is 0.356 e. The first-order chi connectivity index (χ1) is 15.8. The monoisotopic (exact) mass is 449 g/mol. The van der Waals surface area contributed by atoms with Crippen molar-refractivity contribution in [3.05, 3.63) is 70.4 Å². The van der Waals surface area contributed by atoms with Crippen LogP contribution in [-0.4, -0.2) is 53.1 Å². The second kappa shape index (κ2) is 9.33. The number of carbonyl (C=O) groups is 2. The van der Waals surface area contributed by atoms with E-state index in [1.54, 1.807) is 12.1 Å². The molecule has 0 saturated carbocycles. The van der Waals surface area contributed by atoms with E-state index >= 15 is 0 Å². The van der Waals surface area contributed by atoms with E-state index in [0.717, 1.165) is 16.7 Å². The van der Waals surface area contributed by atoms with Gasteiger partial charge in [-0.1, -0.05) is 29.8 Å². The molecule has 0 radical (unpaired) electrons. The highest BCUT2D eigenvalue weighted by atomic mass is 16.5. The van der Waals surface area contributed by atoms with Crippen molar-refractivity contribution in [1.29, 1.82) is 0 Å². The van der Waals surface area contributed by atoms with Crippen molar-refractivity contribution in [3.8, 4) is 5.69 Å². The molecule has 1 amide bonds. The minimum Gasteiger partial charge on any atom is -0.476 e. The Labute approximate surface area is 191 Å². The third-order valence-electron chi connectivity index (χ3n) is 5.69. The Hall–Kier alpha value is -3.85. The first-order valence-electron chi connectivity index (χ1n) is 10.7. The molecule has 3 aromatic rings. The van der Waals surface area contributed by atoms with Crippen LogP contribution in [0.3, 0.4) is 0 Å². The molecule has 0 aliphatic carbocycles. The normalized spacial score (nSPS) is 13.7. The van der Waals surface area contributed by atoms with Crippen LogP contribution in [0.5, 0.6) is 0 Å². The van der Waals surface area contributed by atoms with Crippen LogP contribution in [0, 0.1) is 13.8 Å². The molecule has 0 bridgehead atoms. The van der Waals surface area contributed by atoms with Crippen LogP contribution >= 0.6 is 0 Å². The number of carbonyl (C=O) groups excluding carboxylic acids is 1. The van der Waals surface area contributed by atoms with Crippen LogP contribution < -0.4 is 16.0 Å². The number of aromatic carboxylic acids is 1. The Bertz CT molecular complexity index is 1180. The summed E-state index contributed by atoms with van der Waals surface area (Å²) in [6.07, 6.45) is 0.